The predicted molar refractivity (Wildman–Crippen MR) is 194 cm³/mol. The van der Waals surface area contributed by atoms with Gasteiger partial charge in [-0.05, 0) is 62.8 Å². The average molecular weight is 681 g/mol. The standard InChI is InChI=1S/C39H52N8O3/c1-25-20-46(38(49)50-39(4,5)6)21-26(2)33(25)23-44-14-11-30(12-15-44)47-36-13-16-45(27(3)48)24-34(36)37(42-47)31-10-8-9-28-17-35(40-19-32(28)31)29-18-41-43(7)22-29/h8-10,17-19,22,25-26,30,33H,11-16,20-21,23-24H2,1-7H3. The van der Waals surface area contributed by atoms with Crippen LogP contribution < -0.4 is 0 Å². The molecule has 0 radical (unpaired) electrons. The van der Waals surface area contributed by atoms with Crippen LogP contribution in [0.1, 0.15) is 71.7 Å². The van der Waals surface area contributed by atoms with Gasteiger partial charge in [-0.15, -0.1) is 0 Å². The number of amides is 2. The van der Waals surface area contributed by atoms with E-state index in [0.29, 0.717) is 30.3 Å². The number of pyridine rings is 1. The second-order valence-corrected chi connectivity index (χ2v) is 15.9. The SMILES string of the molecule is CC(=O)N1CCc2c(c(-c3cccc4cc(-c5cnn(C)c5)ncc34)nn2C2CCN(CC3C(C)CN(C(=O)OC(C)(C)C)CC3C)CC2)C1. The minimum Gasteiger partial charge on any atom is -0.444 e. The molecule has 0 aliphatic carbocycles. The van der Waals surface area contributed by atoms with E-state index >= 15 is 0 Å². The van der Waals surface area contributed by atoms with Crippen molar-refractivity contribution in [2.45, 2.75) is 79.0 Å². The molecule has 50 heavy (non-hydrogen) atoms. The lowest BCUT2D eigenvalue weighted by atomic mass is 9.79. The number of carbonyl (C=O) groups is 2. The molecule has 0 saturated carbocycles. The van der Waals surface area contributed by atoms with E-state index in [9.17, 15) is 9.59 Å². The van der Waals surface area contributed by atoms with Gasteiger partial charge in [0, 0.05) is 106 Å². The van der Waals surface area contributed by atoms with Crippen LogP contribution in [0.3, 0.4) is 0 Å². The highest BCUT2D eigenvalue weighted by atomic mass is 16.6. The van der Waals surface area contributed by atoms with Gasteiger partial charge in [0.25, 0.3) is 0 Å². The Balaban J connectivity index is 1.09. The lowest BCUT2D eigenvalue weighted by molar-refractivity contribution is -0.129. The Morgan fingerprint density at radius 1 is 1.00 bits per heavy atom. The van der Waals surface area contributed by atoms with Crippen molar-refractivity contribution in [2.24, 2.45) is 24.8 Å². The number of aromatic nitrogens is 5. The first-order valence-electron chi connectivity index (χ1n) is 18.3. The number of carbonyl (C=O) groups excluding carboxylic acids is 2. The van der Waals surface area contributed by atoms with Crippen LogP contribution in [-0.4, -0.2) is 96.1 Å². The van der Waals surface area contributed by atoms with Crippen molar-refractivity contribution >= 4 is 22.8 Å². The predicted octanol–water partition coefficient (Wildman–Crippen LogP) is 6.18. The van der Waals surface area contributed by atoms with E-state index < -0.39 is 5.60 Å². The highest BCUT2D eigenvalue weighted by Crippen LogP contribution is 2.38. The molecule has 3 aliphatic rings. The number of nitrogens with zero attached hydrogens (tertiary/aromatic N) is 8. The fourth-order valence-corrected chi connectivity index (χ4v) is 8.40. The Labute approximate surface area is 295 Å². The number of piperidine rings is 2. The van der Waals surface area contributed by atoms with Crippen molar-refractivity contribution in [3.8, 4) is 22.5 Å². The van der Waals surface area contributed by atoms with E-state index in [2.05, 4.69) is 52.8 Å². The summed E-state index contributed by atoms with van der Waals surface area (Å²) < 4.78 is 9.80. The van der Waals surface area contributed by atoms with Crippen LogP contribution in [0.25, 0.3) is 33.3 Å². The molecule has 2 fully saturated rings. The molecule has 6 heterocycles. The van der Waals surface area contributed by atoms with Gasteiger partial charge in [0.15, 0.2) is 0 Å². The Kier molecular flexibility index (Phi) is 9.21. The Morgan fingerprint density at radius 3 is 2.40 bits per heavy atom. The van der Waals surface area contributed by atoms with Crippen molar-refractivity contribution < 1.29 is 14.3 Å². The smallest absolute Gasteiger partial charge is 0.410 e. The van der Waals surface area contributed by atoms with Gasteiger partial charge < -0.3 is 19.4 Å². The molecule has 11 heteroatoms. The highest BCUT2D eigenvalue weighted by Gasteiger charge is 2.38. The first-order valence-corrected chi connectivity index (χ1v) is 18.3. The number of aryl methyl sites for hydroxylation is 1. The molecule has 2 saturated heterocycles. The Bertz CT molecular complexity index is 1870. The Hall–Kier alpha value is -4.25. The quantitative estimate of drug-likeness (QED) is 0.248. The molecule has 2 atom stereocenters. The number of benzene rings is 1. The van der Waals surface area contributed by atoms with Gasteiger partial charge in [0.05, 0.1) is 23.6 Å². The molecular formula is C39H52N8O3. The summed E-state index contributed by atoms with van der Waals surface area (Å²) in [4.78, 5) is 36.7. The zero-order valence-corrected chi connectivity index (χ0v) is 30.7. The zero-order chi connectivity index (χ0) is 35.3. The van der Waals surface area contributed by atoms with Gasteiger partial charge >= 0.3 is 6.09 Å². The first-order chi connectivity index (χ1) is 23.8. The topological polar surface area (TPSA) is 102 Å². The largest absolute Gasteiger partial charge is 0.444 e. The summed E-state index contributed by atoms with van der Waals surface area (Å²) in [5.41, 5.74) is 5.85. The minimum absolute atomic E-state index is 0.101. The van der Waals surface area contributed by atoms with Crippen LogP contribution in [0.15, 0.2) is 42.9 Å². The van der Waals surface area contributed by atoms with E-state index in [-0.39, 0.29) is 12.0 Å². The summed E-state index contributed by atoms with van der Waals surface area (Å²) in [7, 11) is 1.91. The normalized spacial score (nSPS) is 22.2. The van der Waals surface area contributed by atoms with Crippen LogP contribution >= 0.6 is 0 Å². The Morgan fingerprint density at radius 2 is 1.74 bits per heavy atom. The van der Waals surface area contributed by atoms with Gasteiger partial charge in [0.1, 0.15) is 5.60 Å². The average Bonchev–Trinajstić information content (AvgIpc) is 3.68. The van der Waals surface area contributed by atoms with Crippen molar-refractivity contribution in [3.63, 3.8) is 0 Å². The minimum atomic E-state index is -0.483. The van der Waals surface area contributed by atoms with Crippen LogP contribution in [0.2, 0.25) is 0 Å². The maximum atomic E-state index is 12.8. The van der Waals surface area contributed by atoms with E-state index in [1.807, 2.05) is 56.2 Å². The molecule has 0 N–H and O–H groups in total. The lowest BCUT2D eigenvalue weighted by Gasteiger charge is -2.44. The number of fused-ring (bicyclic) bond motifs is 2. The molecule has 7 rings (SSSR count). The van der Waals surface area contributed by atoms with Crippen LogP contribution in [0.5, 0.6) is 0 Å². The van der Waals surface area contributed by atoms with Gasteiger partial charge in [-0.25, -0.2) is 4.79 Å². The second-order valence-electron chi connectivity index (χ2n) is 15.9. The number of likely N-dealkylation sites (tertiary alicyclic amines) is 2. The fourth-order valence-electron chi connectivity index (χ4n) is 8.40. The molecule has 3 aromatic heterocycles. The third-order valence-electron chi connectivity index (χ3n) is 11.1. The monoisotopic (exact) mass is 680 g/mol. The van der Waals surface area contributed by atoms with Gasteiger partial charge in [-0.3, -0.25) is 19.1 Å². The number of hydrogen-bond donors (Lipinski definition) is 0. The molecule has 266 valence electrons. The maximum absolute atomic E-state index is 12.8. The number of ether oxygens (including phenoxy) is 1. The van der Waals surface area contributed by atoms with Gasteiger partial charge in [0.2, 0.25) is 5.91 Å². The van der Waals surface area contributed by atoms with Crippen molar-refractivity contribution in [3.05, 3.63) is 54.1 Å². The molecule has 11 nitrogen and oxygen atoms in total. The number of hydrogen-bond acceptors (Lipinski definition) is 7. The van der Waals surface area contributed by atoms with Crippen molar-refractivity contribution in [1.29, 1.82) is 0 Å². The summed E-state index contributed by atoms with van der Waals surface area (Å²) in [6.45, 7) is 17.9. The van der Waals surface area contributed by atoms with Crippen LogP contribution in [0.4, 0.5) is 4.79 Å². The fraction of sp³-hybridized carbons (Fsp3) is 0.564. The summed E-state index contributed by atoms with van der Waals surface area (Å²) in [6.07, 6.45) is 8.47. The summed E-state index contributed by atoms with van der Waals surface area (Å²) in [6, 6.07) is 8.81. The maximum Gasteiger partial charge on any atom is 0.410 e. The van der Waals surface area contributed by atoms with Crippen LogP contribution in [-0.2, 0) is 29.5 Å². The van der Waals surface area contributed by atoms with Crippen molar-refractivity contribution in [2.75, 3.05) is 39.3 Å². The third kappa shape index (κ3) is 6.89. The highest BCUT2D eigenvalue weighted by molar-refractivity contribution is 5.97. The molecule has 1 aromatic carbocycles. The molecule has 2 amide bonds. The molecular weight excluding hydrogens is 628 g/mol. The molecule has 2 unspecified atom stereocenters. The van der Waals surface area contributed by atoms with Gasteiger partial charge in [-0.2, -0.15) is 10.2 Å². The second kappa shape index (κ2) is 13.5. The lowest BCUT2D eigenvalue weighted by Crippen LogP contribution is -2.52. The van der Waals surface area contributed by atoms with Gasteiger partial charge in [-0.1, -0.05) is 32.0 Å². The van der Waals surface area contributed by atoms with Crippen LogP contribution in [0, 0.1) is 17.8 Å². The van der Waals surface area contributed by atoms with E-state index in [1.165, 1.54) is 5.69 Å². The zero-order valence-electron chi connectivity index (χ0n) is 30.7. The molecule has 3 aliphatic heterocycles. The molecule has 0 spiro atoms. The van der Waals surface area contributed by atoms with E-state index in [0.717, 1.165) is 97.4 Å². The number of rotatable bonds is 5. The summed E-state index contributed by atoms with van der Waals surface area (Å²) in [5, 5.41) is 11.9. The first kappa shape index (κ1) is 34.2. The van der Waals surface area contributed by atoms with E-state index in [1.54, 1.807) is 11.6 Å². The summed E-state index contributed by atoms with van der Waals surface area (Å²) in [5.74, 6) is 1.45. The molecule has 4 aromatic rings. The summed E-state index contributed by atoms with van der Waals surface area (Å²) >= 11 is 0. The van der Waals surface area contributed by atoms with E-state index in [4.69, 9.17) is 14.8 Å². The third-order valence-corrected chi connectivity index (χ3v) is 11.1. The van der Waals surface area contributed by atoms with Crippen molar-refractivity contribution in [1.82, 2.24) is 39.2 Å². The molecule has 0 bridgehead atoms.